The summed E-state index contributed by atoms with van der Waals surface area (Å²) in [6.07, 6.45) is 0. The first-order chi connectivity index (χ1) is 15.1. The molecule has 0 aliphatic carbocycles. The molecule has 0 atom stereocenters. The van der Waals surface area contributed by atoms with Gasteiger partial charge < -0.3 is 0 Å². The van der Waals surface area contributed by atoms with Gasteiger partial charge >= 0.3 is 0 Å². The van der Waals surface area contributed by atoms with Gasteiger partial charge in [-0.3, -0.25) is 19.0 Å². The lowest BCUT2D eigenvalue weighted by atomic mass is 10.2. The van der Waals surface area contributed by atoms with Crippen molar-refractivity contribution in [3.63, 3.8) is 0 Å². The Bertz CT molecular complexity index is 1280. The van der Waals surface area contributed by atoms with Crippen LogP contribution in [0.3, 0.4) is 0 Å². The molecule has 8 heteroatoms. The molecule has 0 radical (unpaired) electrons. The summed E-state index contributed by atoms with van der Waals surface area (Å²) in [5, 5.41) is 0.581. The van der Waals surface area contributed by atoms with Crippen LogP contribution in [0.25, 0.3) is 16.6 Å². The Morgan fingerprint density at radius 1 is 1.00 bits per heavy atom. The number of aromatic nitrogens is 2. The van der Waals surface area contributed by atoms with Crippen LogP contribution in [-0.2, 0) is 16.2 Å². The van der Waals surface area contributed by atoms with Crippen molar-refractivity contribution in [2.24, 2.45) is 0 Å². The SMILES string of the molecule is O=C(CSc1nc2ccccc2c(=O)n1-c1ccccc1F)NOCc1ccccc1. The summed E-state index contributed by atoms with van der Waals surface area (Å²) in [6, 6.07) is 22.2. The van der Waals surface area contributed by atoms with Crippen molar-refractivity contribution in [3.05, 3.63) is 101 Å². The van der Waals surface area contributed by atoms with Gasteiger partial charge in [0.2, 0.25) is 0 Å². The van der Waals surface area contributed by atoms with E-state index in [4.69, 9.17) is 4.84 Å². The predicted octanol–water partition coefficient (Wildman–Crippen LogP) is 3.86. The molecular weight excluding hydrogens is 417 g/mol. The van der Waals surface area contributed by atoms with Crippen LogP contribution in [0, 0.1) is 5.82 Å². The van der Waals surface area contributed by atoms with Gasteiger partial charge in [0, 0.05) is 0 Å². The normalized spacial score (nSPS) is 10.9. The van der Waals surface area contributed by atoms with E-state index in [9.17, 15) is 14.0 Å². The molecule has 1 N–H and O–H groups in total. The molecule has 3 aromatic carbocycles. The molecule has 156 valence electrons. The molecule has 0 saturated carbocycles. The van der Waals surface area contributed by atoms with Gasteiger partial charge in [0.1, 0.15) is 5.82 Å². The van der Waals surface area contributed by atoms with Crippen LogP contribution in [-0.4, -0.2) is 21.2 Å². The minimum atomic E-state index is -0.556. The number of hydrogen-bond donors (Lipinski definition) is 1. The molecule has 0 fully saturated rings. The lowest BCUT2D eigenvalue weighted by molar-refractivity contribution is -0.131. The topological polar surface area (TPSA) is 73.2 Å². The van der Waals surface area contributed by atoms with Crippen LogP contribution >= 0.6 is 11.8 Å². The van der Waals surface area contributed by atoms with Gasteiger partial charge in [-0.05, 0) is 29.8 Å². The second kappa shape index (κ2) is 9.55. The molecule has 0 unspecified atom stereocenters. The third kappa shape index (κ3) is 4.82. The standard InChI is InChI=1S/C23H18FN3O3S/c24-18-11-5-7-13-20(18)27-22(29)17-10-4-6-12-19(17)25-23(27)31-15-21(28)26-30-14-16-8-2-1-3-9-16/h1-13H,14-15H2,(H,26,28). The molecule has 31 heavy (non-hydrogen) atoms. The van der Waals surface area contributed by atoms with Gasteiger partial charge in [-0.15, -0.1) is 0 Å². The lowest BCUT2D eigenvalue weighted by Gasteiger charge is -2.13. The maximum Gasteiger partial charge on any atom is 0.266 e. The van der Waals surface area contributed by atoms with E-state index in [1.54, 1.807) is 36.4 Å². The highest BCUT2D eigenvalue weighted by molar-refractivity contribution is 7.99. The molecule has 4 aromatic rings. The number of para-hydroxylation sites is 2. The monoisotopic (exact) mass is 435 g/mol. The summed E-state index contributed by atoms with van der Waals surface area (Å²) < 4.78 is 15.7. The average molecular weight is 435 g/mol. The second-order valence-corrected chi connectivity index (χ2v) is 7.53. The number of nitrogens with zero attached hydrogens (tertiary/aromatic N) is 2. The summed E-state index contributed by atoms with van der Waals surface area (Å²) >= 11 is 1.03. The van der Waals surface area contributed by atoms with Crippen LogP contribution in [0.2, 0.25) is 0 Å². The highest BCUT2D eigenvalue weighted by atomic mass is 32.2. The van der Waals surface area contributed by atoms with Gasteiger partial charge in [-0.1, -0.05) is 66.4 Å². The zero-order chi connectivity index (χ0) is 21.6. The molecule has 4 rings (SSSR count). The van der Waals surface area contributed by atoms with Gasteiger partial charge in [-0.25, -0.2) is 14.9 Å². The first-order valence-electron chi connectivity index (χ1n) is 9.47. The van der Waals surface area contributed by atoms with Crippen LogP contribution in [0.15, 0.2) is 88.8 Å². The molecule has 1 amide bonds. The van der Waals surface area contributed by atoms with Crippen molar-refractivity contribution < 1.29 is 14.0 Å². The van der Waals surface area contributed by atoms with Crippen molar-refractivity contribution in [2.75, 3.05) is 5.75 Å². The largest absolute Gasteiger partial charge is 0.272 e. The van der Waals surface area contributed by atoms with Crippen LogP contribution in [0.1, 0.15) is 5.56 Å². The number of carbonyl (C=O) groups is 1. The average Bonchev–Trinajstić information content (AvgIpc) is 2.79. The van der Waals surface area contributed by atoms with E-state index in [1.807, 2.05) is 30.3 Å². The van der Waals surface area contributed by atoms with Gasteiger partial charge in [0.25, 0.3) is 11.5 Å². The number of amides is 1. The van der Waals surface area contributed by atoms with E-state index in [0.29, 0.717) is 10.9 Å². The summed E-state index contributed by atoms with van der Waals surface area (Å²) in [5.41, 5.74) is 3.44. The lowest BCUT2D eigenvalue weighted by Crippen LogP contribution is -2.27. The molecule has 0 bridgehead atoms. The fourth-order valence-electron chi connectivity index (χ4n) is 2.99. The molecule has 0 aliphatic rings. The highest BCUT2D eigenvalue weighted by Gasteiger charge is 2.17. The van der Waals surface area contributed by atoms with E-state index < -0.39 is 17.3 Å². The van der Waals surface area contributed by atoms with Gasteiger partial charge in [0.05, 0.1) is 29.0 Å². The third-order valence-corrected chi connectivity index (χ3v) is 5.38. The molecule has 1 heterocycles. The number of nitrogens with one attached hydrogen (secondary N) is 1. The fraction of sp³-hybridized carbons (Fsp3) is 0.0870. The number of hydrogen-bond acceptors (Lipinski definition) is 5. The van der Waals surface area contributed by atoms with Crippen molar-refractivity contribution in [2.45, 2.75) is 11.8 Å². The Hall–Kier alpha value is -3.49. The Labute approximate surface area is 181 Å². The first-order valence-corrected chi connectivity index (χ1v) is 10.5. The summed E-state index contributed by atoms with van der Waals surface area (Å²) in [6.45, 7) is 0.228. The molecular formula is C23H18FN3O3S. The summed E-state index contributed by atoms with van der Waals surface area (Å²) in [7, 11) is 0. The first kappa shape index (κ1) is 20.8. The Kier molecular flexibility index (Phi) is 6.40. The van der Waals surface area contributed by atoms with Crippen molar-refractivity contribution in [3.8, 4) is 5.69 Å². The molecule has 0 spiro atoms. The molecule has 0 aliphatic heterocycles. The van der Waals surface area contributed by atoms with E-state index in [2.05, 4.69) is 10.5 Å². The van der Waals surface area contributed by atoms with E-state index in [1.165, 1.54) is 16.7 Å². The van der Waals surface area contributed by atoms with Crippen LogP contribution < -0.4 is 11.0 Å². The number of fused-ring (bicyclic) bond motifs is 1. The maximum atomic E-state index is 14.5. The number of thioether (sulfide) groups is 1. The summed E-state index contributed by atoms with van der Waals surface area (Å²) in [5.74, 6) is -1.02. The Morgan fingerprint density at radius 2 is 1.71 bits per heavy atom. The smallest absolute Gasteiger partial charge is 0.266 e. The van der Waals surface area contributed by atoms with Crippen molar-refractivity contribution in [1.29, 1.82) is 0 Å². The van der Waals surface area contributed by atoms with Crippen LogP contribution in [0.5, 0.6) is 0 Å². The number of benzene rings is 3. The Morgan fingerprint density at radius 3 is 2.52 bits per heavy atom. The number of rotatable bonds is 7. The fourth-order valence-corrected chi connectivity index (χ4v) is 3.78. The van der Waals surface area contributed by atoms with Crippen molar-refractivity contribution in [1.82, 2.24) is 15.0 Å². The van der Waals surface area contributed by atoms with Crippen molar-refractivity contribution >= 4 is 28.6 Å². The van der Waals surface area contributed by atoms with E-state index in [0.717, 1.165) is 17.3 Å². The zero-order valence-corrected chi connectivity index (χ0v) is 17.1. The van der Waals surface area contributed by atoms with Gasteiger partial charge in [-0.2, -0.15) is 0 Å². The third-order valence-electron chi connectivity index (χ3n) is 4.44. The number of carbonyl (C=O) groups excluding carboxylic acids is 1. The zero-order valence-electron chi connectivity index (χ0n) is 16.3. The number of hydroxylamine groups is 1. The van der Waals surface area contributed by atoms with Gasteiger partial charge in [0.15, 0.2) is 5.16 Å². The molecule has 0 saturated heterocycles. The molecule has 6 nitrogen and oxygen atoms in total. The van der Waals surface area contributed by atoms with E-state index >= 15 is 0 Å². The predicted molar refractivity (Wildman–Crippen MR) is 117 cm³/mol. The Balaban J connectivity index is 1.55. The minimum absolute atomic E-state index is 0.0615. The maximum absolute atomic E-state index is 14.5. The highest BCUT2D eigenvalue weighted by Crippen LogP contribution is 2.22. The number of halogens is 1. The molecule has 1 aromatic heterocycles. The quantitative estimate of drug-likeness (QED) is 0.271. The minimum Gasteiger partial charge on any atom is -0.272 e. The second-order valence-electron chi connectivity index (χ2n) is 6.59. The van der Waals surface area contributed by atoms with Crippen LogP contribution in [0.4, 0.5) is 4.39 Å². The van der Waals surface area contributed by atoms with E-state index in [-0.39, 0.29) is 23.2 Å². The summed E-state index contributed by atoms with van der Waals surface area (Å²) in [4.78, 5) is 35.0.